The second kappa shape index (κ2) is 12.0. The van der Waals surface area contributed by atoms with Crippen molar-refractivity contribution in [2.75, 3.05) is 32.1 Å². The van der Waals surface area contributed by atoms with Crippen LogP contribution in [-0.4, -0.2) is 76.8 Å². The van der Waals surface area contributed by atoms with Crippen LogP contribution in [0, 0.1) is 5.92 Å². The lowest BCUT2D eigenvalue weighted by Crippen LogP contribution is -2.49. The smallest absolute Gasteiger partial charge is 0.319 e. The first-order valence-corrected chi connectivity index (χ1v) is 12.1. The van der Waals surface area contributed by atoms with E-state index in [-0.39, 0.29) is 42.7 Å². The van der Waals surface area contributed by atoms with Crippen LogP contribution in [0.4, 0.5) is 10.5 Å². The van der Waals surface area contributed by atoms with E-state index in [1.807, 2.05) is 40.0 Å². The Balaban J connectivity index is 1.87. The second-order valence-electron chi connectivity index (χ2n) is 9.64. The fourth-order valence-corrected chi connectivity index (χ4v) is 4.12. The lowest BCUT2D eigenvalue weighted by molar-refractivity contribution is 0.0341. The van der Waals surface area contributed by atoms with Gasteiger partial charge in [-0.25, -0.2) is 4.79 Å². The number of nitrogens with zero attached hydrogens (tertiary/aromatic N) is 3. The van der Waals surface area contributed by atoms with Gasteiger partial charge in [-0.15, -0.1) is 0 Å². The van der Waals surface area contributed by atoms with Gasteiger partial charge in [-0.1, -0.05) is 6.92 Å². The summed E-state index contributed by atoms with van der Waals surface area (Å²) in [6.07, 6.45) is 3.37. The number of aliphatic hydroxyl groups excluding tert-OH is 1. The van der Waals surface area contributed by atoms with Gasteiger partial charge in [-0.3, -0.25) is 14.7 Å². The SMILES string of the molecule is CC(C)NC(=O)Nc1ccc2c(c1)C(=O)N([C@@H](C)CO)C[C@H](C)[C@@H](CN(C)Cc1ccncc1)O2. The molecule has 3 atom stereocenters. The van der Waals surface area contributed by atoms with Gasteiger partial charge in [-0.2, -0.15) is 0 Å². The summed E-state index contributed by atoms with van der Waals surface area (Å²) in [5, 5.41) is 15.4. The standard InChI is InChI=1S/C26H37N5O4/c1-17(2)28-26(34)29-21-6-7-23-22(12-21)25(33)31(19(4)16-32)13-18(3)24(35-23)15-30(5)14-20-8-10-27-11-9-20/h6-12,17-19,24,32H,13-16H2,1-5H3,(H2,28,29,34)/t18-,19-,24+/m0/s1. The van der Waals surface area contributed by atoms with Gasteiger partial charge in [0.2, 0.25) is 0 Å². The monoisotopic (exact) mass is 483 g/mol. The van der Waals surface area contributed by atoms with E-state index in [2.05, 4.69) is 27.4 Å². The van der Waals surface area contributed by atoms with Crippen LogP contribution in [0.25, 0.3) is 0 Å². The van der Waals surface area contributed by atoms with E-state index in [9.17, 15) is 14.7 Å². The van der Waals surface area contributed by atoms with E-state index in [0.717, 1.165) is 12.1 Å². The molecule has 0 bridgehead atoms. The normalized spacial score (nSPS) is 19.0. The molecule has 0 aliphatic carbocycles. The van der Waals surface area contributed by atoms with Crippen molar-refractivity contribution in [2.45, 2.75) is 52.4 Å². The Morgan fingerprint density at radius 1 is 1.26 bits per heavy atom. The zero-order chi connectivity index (χ0) is 25.5. The maximum absolute atomic E-state index is 13.5. The molecule has 0 radical (unpaired) electrons. The van der Waals surface area contributed by atoms with Gasteiger partial charge in [0.05, 0.1) is 18.2 Å². The molecule has 3 N–H and O–H groups in total. The molecule has 190 valence electrons. The van der Waals surface area contributed by atoms with Crippen molar-refractivity contribution in [3.8, 4) is 5.75 Å². The summed E-state index contributed by atoms with van der Waals surface area (Å²) in [5.74, 6) is 0.259. The summed E-state index contributed by atoms with van der Waals surface area (Å²) < 4.78 is 6.42. The van der Waals surface area contributed by atoms with Crippen LogP contribution in [0.3, 0.4) is 0 Å². The molecule has 3 amide bonds. The van der Waals surface area contributed by atoms with Crippen LogP contribution in [0.2, 0.25) is 0 Å². The highest BCUT2D eigenvalue weighted by Gasteiger charge is 2.33. The van der Waals surface area contributed by atoms with Gasteiger partial charge in [0.15, 0.2) is 0 Å². The average molecular weight is 484 g/mol. The summed E-state index contributed by atoms with van der Waals surface area (Å²) in [6, 6.07) is 8.36. The van der Waals surface area contributed by atoms with E-state index >= 15 is 0 Å². The van der Waals surface area contributed by atoms with Gasteiger partial charge < -0.3 is 25.4 Å². The third kappa shape index (κ3) is 7.16. The number of carbonyl (C=O) groups is 2. The molecule has 1 aromatic carbocycles. The third-order valence-corrected chi connectivity index (χ3v) is 6.04. The van der Waals surface area contributed by atoms with Gasteiger partial charge in [0, 0.05) is 49.7 Å². The Labute approximate surface area is 207 Å². The zero-order valence-electron chi connectivity index (χ0n) is 21.2. The van der Waals surface area contributed by atoms with Gasteiger partial charge in [0.25, 0.3) is 5.91 Å². The number of urea groups is 1. The van der Waals surface area contributed by atoms with Gasteiger partial charge in [-0.05, 0) is 63.7 Å². The summed E-state index contributed by atoms with van der Waals surface area (Å²) in [6.45, 7) is 9.33. The molecule has 0 unspecified atom stereocenters. The van der Waals surface area contributed by atoms with Crippen LogP contribution < -0.4 is 15.4 Å². The third-order valence-electron chi connectivity index (χ3n) is 6.04. The molecule has 0 saturated heterocycles. The van der Waals surface area contributed by atoms with Crippen molar-refractivity contribution in [1.82, 2.24) is 20.1 Å². The van der Waals surface area contributed by atoms with Crippen molar-refractivity contribution >= 4 is 17.6 Å². The number of pyridine rings is 1. The summed E-state index contributed by atoms with van der Waals surface area (Å²) in [4.78, 5) is 33.7. The summed E-state index contributed by atoms with van der Waals surface area (Å²) in [7, 11) is 2.04. The maximum Gasteiger partial charge on any atom is 0.319 e. The number of rotatable bonds is 8. The van der Waals surface area contributed by atoms with Crippen LogP contribution in [0.5, 0.6) is 5.75 Å². The molecule has 2 aromatic rings. The molecular weight excluding hydrogens is 446 g/mol. The minimum absolute atomic E-state index is 0.0171. The first-order chi connectivity index (χ1) is 16.7. The number of benzene rings is 1. The number of ether oxygens (including phenoxy) is 1. The molecule has 9 nitrogen and oxygen atoms in total. The number of fused-ring (bicyclic) bond motifs is 1. The molecule has 1 aromatic heterocycles. The van der Waals surface area contributed by atoms with E-state index in [1.165, 1.54) is 0 Å². The predicted molar refractivity (Wildman–Crippen MR) is 135 cm³/mol. The number of anilines is 1. The van der Waals surface area contributed by atoms with Crippen LogP contribution in [0.1, 0.15) is 43.6 Å². The predicted octanol–water partition coefficient (Wildman–Crippen LogP) is 2.96. The van der Waals surface area contributed by atoms with Crippen molar-refractivity contribution < 1.29 is 19.4 Å². The number of likely N-dealkylation sites (N-methyl/N-ethyl adjacent to an activating group) is 1. The Bertz CT molecular complexity index is 1000. The molecule has 1 aliphatic rings. The molecule has 0 fully saturated rings. The number of aromatic nitrogens is 1. The fraction of sp³-hybridized carbons (Fsp3) is 0.500. The van der Waals surface area contributed by atoms with Crippen molar-refractivity contribution in [2.24, 2.45) is 5.92 Å². The molecular formula is C26H37N5O4. The molecule has 1 aliphatic heterocycles. The van der Waals surface area contributed by atoms with E-state index in [4.69, 9.17) is 4.74 Å². The molecule has 2 heterocycles. The Kier molecular flexibility index (Phi) is 9.06. The fourth-order valence-electron chi connectivity index (χ4n) is 4.12. The van der Waals surface area contributed by atoms with E-state index in [0.29, 0.717) is 30.1 Å². The van der Waals surface area contributed by atoms with Crippen molar-refractivity contribution in [3.63, 3.8) is 0 Å². The summed E-state index contributed by atoms with van der Waals surface area (Å²) in [5.41, 5.74) is 2.01. The number of carbonyl (C=O) groups excluding carboxylic acids is 2. The Hall–Kier alpha value is -3.17. The maximum atomic E-state index is 13.5. The molecule has 0 saturated carbocycles. The number of hydrogen-bond acceptors (Lipinski definition) is 6. The van der Waals surface area contributed by atoms with Crippen LogP contribution in [0.15, 0.2) is 42.7 Å². The quantitative estimate of drug-likeness (QED) is 0.533. The topological polar surface area (TPSA) is 107 Å². The largest absolute Gasteiger partial charge is 0.488 e. The second-order valence-corrected chi connectivity index (χ2v) is 9.64. The number of hydrogen-bond donors (Lipinski definition) is 3. The Morgan fingerprint density at radius 2 is 1.97 bits per heavy atom. The summed E-state index contributed by atoms with van der Waals surface area (Å²) >= 11 is 0. The number of amides is 3. The van der Waals surface area contributed by atoms with E-state index < -0.39 is 0 Å². The van der Waals surface area contributed by atoms with Crippen molar-refractivity contribution in [3.05, 3.63) is 53.9 Å². The molecule has 0 spiro atoms. The first kappa shape index (κ1) is 26.4. The highest BCUT2D eigenvalue weighted by Crippen LogP contribution is 2.30. The highest BCUT2D eigenvalue weighted by atomic mass is 16.5. The highest BCUT2D eigenvalue weighted by molar-refractivity contribution is 5.99. The lowest BCUT2D eigenvalue weighted by atomic mass is 9.99. The van der Waals surface area contributed by atoms with Gasteiger partial charge >= 0.3 is 6.03 Å². The van der Waals surface area contributed by atoms with Gasteiger partial charge in [0.1, 0.15) is 11.9 Å². The first-order valence-electron chi connectivity index (χ1n) is 12.1. The minimum Gasteiger partial charge on any atom is -0.488 e. The Morgan fingerprint density at radius 3 is 2.63 bits per heavy atom. The lowest BCUT2D eigenvalue weighted by Gasteiger charge is -2.38. The van der Waals surface area contributed by atoms with Crippen LogP contribution in [-0.2, 0) is 6.54 Å². The van der Waals surface area contributed by atoms with E-state index in [1.54, 1.807) is 35.5 Å². The number of nitrogens with one attached hydrogen (secondary N) is 2. The van der Waals surface area contributed by atoms with Crippen LogP contribution >= 0.6 is 0 Å². The molecule has 9 heteroatoms. The molecule has 35 heavy (non-hydrogen) atoms. The minimum atomic E-state index is -0.355. The average Bonchev–Trinajstić information content (AvgIpc) is 2.81. The van der Waals surface area contributed by atoms with Crippen molar-refractivity contribution in [1.29, 1.82) is 0 Å². The zero-order valence-corrected chi connectivity index (χ0v) is 21.2. The molecule has 3 rings (SSSR count). The number of aliphatic hydroxyl groups is 1.